The van der Waals surface area contributed by atoms with Crippen LogP contribution in [0.25, 0.3) is 0 Å². The lowest BCUT2D eigenvalue weighted by atomic mass is 10.1. The first-order valence-electron chi connectivity index (χ1n) is 8.71. The van der Waals surface area contributed by atoms with Gasteiger partial charge in [0.25, 0.3) is 5.91 Å². The van der Waals surface area contributed by atoms with Gasteiger partial charge in [0.2, 0.25) is 0 Å². The van der Waals surface area contributed by atoms with Crippen LogP contribution in [0.3, 0.4) is 0 Å². The Labute approximate surface area is 162 Å². The molecule has 9 heteroatoms. The molecule has 0 bridgehead atoms. The quantitative estimate of drug-likeness (QED) is 0.836. The van der Waals surface area contributed by atoms with Crippen molar-refractivity contribution in [2.45, 2.75) is 12.6 Å². The Balaban J connectivity index is 1.68. The van der Waals surface area contributed by atoms with E-state index in [0.717, 1.165) is 5.56 Å². The molecule has 2 aromatic rings. The fourth-order valence-electron chi connectivity index (χ4n) is 3.44. The summed E-state index contributed by atoms with van der Waals surface area (Å²) >= 11 is 0. The molecule has 1 unspecified atom stereocenters. The van der Waals surface area contributed by atoms with E-state index in [1.807, 2.05) is 11.0 Å². The number of rotatable bonds is 4. The van der Waals surface area contributed by atoms with E-state index in [1.165, 1.54) is 18.4 Å². The Morgan fingerprint density at radius 2 is 2.00 bits per heavy atom. The zero-order valence-corrected chi connectivity index (χ0v) is 16.0. The number of ether oxygens (including phenoxy) is 2. The SMILES string of the molecule is CS(=O)(=O)CC1COc2cc(F)ccc2N1Cc1ccc2c(c1)NC(=O)CO2. The highest BCUT2D eigenvalue weighted by Crippen LogP contribution is 2.37. The average molecular weight is 406 g/mol. The van der Waals surface area contributed by atoms with Crippen molar-refractivity contribution in [3.05, 3.63) is 47.8 Å². The molecule has 0 aliphatic carbocycles. The summed E-state index contributed by atoms with van der Waals surface area (Å²) in [6, 6.07) is 9.19. The first-order valence-corrected chi connectivity index (χ1v) is 10.8. The largest absolute Gasteiger partial charge is 0.489 e. The Kier molecular flexibility index (Phi) is 4.62. The number of anilines is 2. The van der Waals surface area contributed by atoms with Gasteiger partial charge in [-0.1, -0.05) is 6.07 Å². The van der Waals surface area contributed by atoms with E-state index in [-0.39, 0.29) is 24.9 Å². The van der Waals surface area contributed by atoms with Crippen molar-refractivity contribution in [2.75, 3.05) is 35.4 Å². The molecule has 0 spiro atoms. The van der Waals surface area contributed by atoms with Gasteiger partial charge in [0.1, 0.15) is 33.8 Å². The molecule has 1 atom stereocenters. The number of carbonyl (C=O) groups excluding carboxylic acids is 1. The minimum atomic E-state index is -3.25. The lowest BCUT2D eigenvalue weighted by molar-refractivity contribution is -0.118. The number of amides is 1. The standard InChI is InChI=1S/C19H19FN2O5S/c1-28(24,25)11-14-9-26-18-7-13(20)3-4-16(18)22(14)8-12-2-5-17-15(6-12)21-19(23)10-27-17/h2-7,14H,8-11H2,1H3,(H,21,23). The molecule has 7 nitrogen and oxygen atoms in total. The summed E-state index contributed by atoms with van der Waals surface area (Å²) < 4.78 is 48.3. The molecule has 0 aromatic heterocycles. The van der Waals surface area contributed by atoms with Gasteiger partial charge in [0, 0.05) is 18.9 Å². The highest BCUT2D eigenvalue weighted by atomic mass is 32.2. The van der Waals surface area contributed by atoms with Gasteiger partial charge in [-0.3, -0.25) is 4.79 Å². The third-order valence-electron chi connectivity index (χ3n) is 4.63. The molecular weight excluding hydrogens is 387 g/mol. The van der Waals surface area contributed by atoms with Crippen molar-refractivity contribution in [1.29, 1.82) is 0 Å². The summed E-state index contributed by atoms with van der Waals surface area (Å²) in [6.07, 6.45) is 1.18. The molecule has 4 rings (SSSR count). The Morgan fingerprint density at radius 3 is 2.79 bits per heavy atom. The van der Waals surface area contributed by atoms with Gasteiger partial charge in [-0.05, 0) is 29.8 Å². The number of sulfone groups is 1. The number of nitrogens with zero attached hydrogens (tertiary/aromatic N) is 1. The van der Waals surface area contributed by atoms with Crippen molar-refractivity contribution in [3.63, 3.8) is 0 Å². The van der Waals surface area contributed by atoms with E-state index >= 15 is 0 Å². The maximum atomic E-state index is 13.6. The van der Waals surface area contributed by atoms with E-state index in [2.05, 4.69) is 5.32 Å². The molecule has 2 aromatic carbocycles. The minimum absolute atomic E-state index is 0.0226. The van der Waals surface area contributed by atoms with E-state index in [1.54, 1.807) is 18.2 Å². The number of nitrogens with one attached hydrogen (secondary N) is 1. The van der Waals surface area contributed by atoms with Crippen LogP contribution in [-0.2, 0) is 21.2 Å². The lowest BCUT2D eigenvalue weighted by Gasteiger charge is -2.38. The Bertz CT molecular complexity index is 1040. The summed E-state index contributed by atoms with van der Waals surface area (Å²) in [4.78, 5) is 13.5. The Hall–Kier alpha value is -2.81. The fraction of sp³-hybridized carbons (Fsp3) is 0.316. The van der Waals surface area contributed by atoms with Crippen molar-refractivity contribution in [3.8, 4) is 11.5 Å². The average Bonchev–Trinajstić information content (AvgIpc) is 2.62. The normalized spacial score (nSPS) is 18.4. The number of fused-ring (bicyclic) bond motifs is 2. The number of benzene rings is 2. The number of carbonyl (C=O) groups is 1. The van der Waals surface area contributed by atoms with E-state index in [4.69, 9.17) is 9.47 Å². The maximum Gasteiger partial charge on any atom is 0.262 e. The van der Waals surface area contributed by atoms with Crippen LogP contribution >= 0.6 is 0 Å². The lowest BCUT2D eigenvalue weighted by Crippen LogP contribution is -2.46. The maximum absolute atomic E-state index is 13.6. The molecule has 1 N–H and O–H groups in total. The van der Waals surface area contributed by atoms with Gasteiger partial charge in [-0.25, -0.2) is 12.8 Å². The van der Waals surface area contributed by atoms with Gasteiger partial charge in [-0.15, -0.1) is 0 Å². The molecule has 2 aliphatic rings. The monoisotopic (exact) mass is 406 g/mol. The molecule has 28 heavy (non-hydrogen) atoms. The second kappa shape index (κ2) is 6.97. The van der Waals surface area contributed by atoms with Crippen molar-refractivity contribution < 1.29 is 27.1 Å². The van der Waals surface area contributed by atoms with Crippen LogP contribution < -0.4 is 19.7 Å². The molecule has 148 valence electrons. The van der Waals surface area contributed by atoms with Crippen LogP contribution in [0.15, 0.2) is 36.4 Å². The van der Waals surface area contributed by atoms with Gasteiger partial charge < -0.3 is 19.7 Å². The van der Waals surface area contributed by atoms with Crippen LogP contribution in [-0.4, -0.2) is 45.6 Å². The predicted molar refractivity (Wildman–Crippen MR) is 102 cm³/mol. The summed E-state index contributed by atoms with van der Waals surface area (Å²) in [5.74, 6) is 0.217. The highest BCUT2D eigenvalue weighted by molar-refractivity contribution is 7.90. The molecular formula is C19H19FN2O5S. The first-order chi connectivity index (χ1) is 13.3. The zero-order valence-electron chi connectivity index (χ0n) is 15.1. The molecule has 2 aliphatic heterocycles. The molecule has 0 radical (unpaired) electrons. The topological polar surface area (TPSA) is 84.9 Å². The van der Waals surface area contributed by atoms with Gasteiger partial charge in [0.05, 0.1) is 23.2 Å². The van der Waals surface area contributed by atoms with Crippen LogP contribution in [0, 0.1) is 5.82 Å². The van der Waals surface area contributed by atoms with E-state index in [0.29, 0.717) is 29.4 Å². The molecule has 1 amide bonds. The van der Waals surface area contributed by atoms with Crippen LogP contribution in [0.1, 0.15) is 5.56 Å². The molecule has 0 saturated heterocycles. The van der Waals surface area contributed by atoms with Crippen molar-refractivity contribution in [2.24, 2.45) is 0 Å². The van der Waals surface area contributed by atoms with Gasteiger partial charge >= 0.3 is 0 Å². The van der Waals surface area contributed by atoms with Crippen molar-refractivity contribution >= 4 is 27.1 Å². The minimum Gasteiger partial charge on any atom is -0.489 e. The van der Waals surface area contributed by atoms with Gasteiger partial charge in [0.15, 0.2) is 6.61 Å². The summed E-state index contributed by atoms with van der Waals surface area (Å²) in [5.41, 5.74) is 2.04. The van der Waals surface area contributed by atoms with Crippen molar-refractivity contribution in [1.82, 2.24) is 0 Å². The number of hydrogen-bond acceptors (Lipinski definition) is 6. The van der Waals surface area contributed by atoms with Crippen LogP contribution in [0.4, 0.5) is 15.8 Å². The second-order valence-electron chi connectivity index (χ2n) is 6.96. The van der Waals surface area contributed by atoms with Crippen LogP contribution in [0.5, 0.6) is 11.5 Å². The third-order valence-corrected chi connectivity index (χ3v) is 5.62. The zero-order chi connectivity index (χ0) is 19.9. The summed E-state index contributed by atoms with van der Waals surface area (Å²) in [7, 11) is -3.25. The van der Waals surface area contributed by atoms with E-state index in [9.17, 15) is 17.6 Å². The molecule has 0 fully saturated rings. The number of hydrogen-bond donors (Lipinski definition) is 1. The second-order valence-corrected chi connectivity index (χ2v) is 9.15. The molecule has 2 heterocycles. The van der Waals surface area contributed by atoms with Crippen LogP contribution in [0.2, 0.25) is 0 Å². The fourth-order valence-corrected chi connectivity index (χ4v) is 4.42. The summed E-state index contributed by atoms with van der Waals surface area (Å²) in [6.45, 7) is 0.477. The number of halogens is 1. The summed E-state index contributed by atoms with van der Waals surface area (Å²) in [5, 5.41) is 2.76. The Morgan fingerprint density at radius 1 is 1.18 bits per heavy atom. The first kappa shape index (κ1) is 18.5. The molecule has 0 saturated carbocycles. The highest BCUT2D eigenvalue weighted by Gasteiger charge is 2.31. The predicted octanol–water partition coefficient (Wildman–Crippen LogP) is 1.97. The van der Waals surface area contributed by atoms with E-state index < -0.39 is 21.7 Å². The third kappa shape index (κ3) is 3.89. The smallest absolute Gasteiger partial charge is 0.262 e. The van der Waals surface area contributed by atoms with Gasteiger partial charge in [-0.2, -0.15) is 0 Å².